The fraction of sp³-hybridized carbons (Fsp3) is 0.909. The van der Waals surface area contributed by atoms with Gasteiger partial charge in [0.2, 0.25) is 0 Å². The molecular weight excluding hydrogens is 761 g/mol. The minimum Gasteiger partial charge on any atom is -0.414 e. The molecule has 0 aromatic rings. The smallest absolute Gasteiger partial charge is 0.192 e. The van der Waals surface area contributed by atoms with Crippen molar-refractivity contribution in [2.24, 2.45) is 0 Å². The zero-order chi connectivity index (χ0) is 37.4. The lowest BCUT2D eigenvalue weighted by atomic mass is 9.88. The molecule has 0 saturated heterocycles. The van der Waals surface area contributed by atoms with Crippen molar-refractivity contribution < 1.29 is 52.8 Å². The molecule has 57 heavy (non-hydrogen) atoms. The molecule has 364 valence electrons. The van der Waals surface area contributed by atoms with Gasteiger partial charge in [-0.1, -0.05) is 123 Å². The summed E-state index contributed by atoms with van der Waals surface area (Å²) in [5.41, 5.74) is -0.712. The molecule has 0 saturated carbocycles. The minimum absolute atomic E-state index is 0. The van der Waals surface area contributed by atoms with Gasteiger partial charge in [0.25, 0.3) is 0 Å². The lowest BCUT2D eigenvalue weighted by molar-refractivity contribution is -0.295. The van der Waals surface area contributed by atoms with Crippen molar-refractivity contribution in [3.63, 3.8) is 0 Å². The third kappa shape index (κ3) is 37.0. The molecule has 0 aliphatic carbocycles. The molecule has 0 aliphatic rings. The van der Waals surface area contributed by atoms with Gasteiger partial charge in [0.1, 0.15) is 24.9 Å². The van der Waals surface area contributed by atoms with Crippen LogP contribution >= 0.6 is 0 Å². The van der Waals surface area contributed by atoms with Gasteiger partial charge in [-0.2, -0.15) is 0 Å². The van der Waals surface area contributed by atoms with E-state index < -0.39 is 28.3 Å². The molecular formula is C44H114O11Si2. The van der Waals surface area contributed by atoms with E-state index in [0.29, 0.717) is 52.7 Å². The van der Waals surface area contributed by atoms with E-state index in [1.807, 2.05) is 13.8 Å². The van der Waals surface area contributed by atoms with Crippen LogP contribution in [0.5, 0.6) is 0 Å². The van der Waals surface area contributed by atoms with Crippen LogP contribution in [0.3, 0.4) is 0 Å². The Morgan fingerprint density at radius 3 is 1.07 bits per heavy atom. The Balaban J connectivity index is -0.000000121. The second-order valence-electron chi connectivity index (χ2n) is 14.1. The Labute approximate surface area is 364 Å². The van der Waals surface area contributed by atoms with Crippen molar-refractivity contribution in [1.29, 1.82) is 0 Å². The minimum atomic E-state index is -1.87. The summed E-state index contributed by atoms with van der Waals surface area (Å²) in [7, 11) is -3.74. The third-order valence-electron chi connectivity index (χ3n) is 9.07. The molecule has 2 N–H and O–H groups in total. The van der Waals surface area contributed by atoms with Crippen LogP contribution in [-0.2, 0) is 42.3 Å². The van der Waals surface area contributed by atoms with Crippen LogP contribution in [0.15, 0.2) is 26.3 Å². The maximum absolute atomic E-state index is 8.60. The predicted molar refractivity (Wildman–Crippen MR) is 264 cm³/mol. The largest absolute Gasteiger partial charge is 0.414 e. The molecule has 0 aromatic carbocycles. The van der Waals surface area contributed by atoms with Crippen molar-refractivity contribution >= 4 is 16.6 Å². The Morgan fingerprint density at radius 2 is 0.789 bits per heavy atom. The highest BCUT2D eigenvalue weighted by Crippen LogP contribution is 2.37. The Bertz CT molecular complexity index is 699. The van der Waals surface area contributed by atoms with E-state index in [1.54, 1.807) is 0 Å². The Kier molecular flexibility index (Phi) is 77.7. The fourth-order valence-corrected chi connectivity index (χ4v) is 6.03. The van der Waals surface area contributed by atoms with Gasteiger partial charge in [0, 0.05) is 0 Å². The van der Waals surface area contributed by atoms with Gasteiger partial charge < -0.3 is 32.5 Å². The lowest BCUT2D eigenvalue weighted by Gasteiger charge is -2.43. The summed E-state index contributed by atoms with van der Waals surface area (Å²) in [6, 6.07) is 0. The molecule has 0 spiro atoms. The van der Waals surface area contributed by atoms with E-state index in [9.17, 15) is 0 Å². The Hall–Kier alpha value is -0.526. The zero-order valence-corrected chi connectivity index (χ0v) is 34.4. The van der Waals surface area contributed by atoms with Crippen LogP contribution in [0, 0.1) is 0 Å². The van der Waals surface area contributed by atoms with E-state index >= 15 is 0 Å². The summed E-state index contributed by atoms with van der Waals surface area (Å²) in [6.07, 6.45) is -0.468. The van der Waals surface area contributed by atoms with Crippen molar-refractivity contribution in [1.82, 2.24) is 0 Å². The highest BCUT2D eigenvalue weighted by Gasteiger charge is 2.43. The van der Waals surface area contributed by atoms with Crippen molar-refractivity contribution in [3.05, 3.63) is 26.3 Å². The van der Waals surface area contributed by atoms with Gasteiger partial charge in [-0.05, 0) is 56.5 Å². The fourth-order valence-electron chi connectivity index (χ4n) is 3.98. The highest BCUT2D eigenvalue weighted by atomic mass is 28.4. The van der Waals surface area contributed by atoms with E-state index in [2.05, 4.69) is 111 Å². The molecule has 0 amide bonds. The van der Waals surface area contributed by atoms with Gasteiger partial charge in [-0.15, -0.1) is 26.3 Å². The first kappa shape index (κ1) is 92.0. The summed E-state index contributed by atoms with van der Waals surface area (Å²) >= 11 is 0. The summed E-state index contributed by atoms with van der Waals surface area (Å²) in [5.74, 6) is 0. The standard InChI is InChI=1S/C30H66O11Si2.2C2H4.10CH4/c1-14-30(25(2)34-18-21-40-42(10,11)28(4,5)6,26(3)35-19-22-41-43(12,13)29(7,8)9)37-20-16-33-15-17-36-27(23-38-31)24-39-32;2*1-2;;;;;;;;;;/h25-27,31-32H,14-24H2,1-13H3;2*1-2H2;10*1H4. The lowest BCUT2D eigenvalue weighted by Crippen LogP contribution is -2.54. The van der Waals surface area contributed by atoms with Crippen LogP contribution in [-0.4, -0.2) is 117 Å². The molecule has 0 bridgehead atoms. The molecule has 0 fully saturated rings. The van der Waals surface area contributed by atoms with Crippen LogP contribution in [0.1, 0.15) is 143 Å². The van der Waals surface area contributed by atoms with E-state index in [-0.39, 0.29) is 116 Å². The summed E-state index contributed by atoms with van der Waals surface area (Å²) in [4.78, 5) is 8.13. The second kappa shape index (κ2) is 48.1. The first-order valence-electron chi connectivity index (χ1n) is 16.7. The second-order valence-corrected chi connectivity index (χ2v) is 23.7. The molecule has 0 rings (SSSR count). The predicted octanol–water partition coefficient (Wildman–Crippen LogP) is 14.4. The SMILES string of the molecule is C.C.C.C.C.C.C.C.C.C.C=C.C=C.CCC(OCCOCCOC(COO)COO)(C(C)OCCO[Si](C)(C)C(C)(C)C)C(C)OCCO[Si](C)(C)C(C)(C)C. The monoisotopic (exact) mass is 875 g/mol. The number of ether oxygens (including phenoxy) is 5. The van der Waals surface area contributed by atoms with Crippen molar-refractivity contribution in [2.75, 3.05) is 66.1 Å². The molecule has 11 nitrogen and oxygen atoms in total. The van der Waals surface area contributed by atoms with Crippen molar-refractivity contribution in [3.8, 4) is 0 Å². The highest BCUT2D eigenvalue weighted by molar-refractivity contribution is 6.74. The van der Waals surface area contributed by atoms with Crippen LogP contribution in [0.2, 0.25) is 36.3 Å². The molecule has 0 aliphatic heterocycles. The first-order chi connectivity index (χ1) is 21.8. The van der Waals surface area contributed by atoms with Crippen molar-refractivity contribution in [2.45, 2.75) is 203 Å². The van der Waals surface area contributed by atoms with Crippen LogP contribution < -0.4 is 0 Å². The number of hydrogen-bond acceptors (Lipinski definition) is 11. The summed E-state index contributed by atoms with van der Waals surface area (Å²) < 4.78 is 43.0. The first-order valence-corrected chi connectivity index (χ1v) is 22.5. The van der Waals surface area contributed by atoms with Gasteiger partial charge in [0.15, 0.2) is 16.6 Å². The maximum atomic E-state index is 8.60. The molecule has 0 aromatic heterocycles. The summed E-state index contributed by atoms with van der Waals surface area (Å²) in [6.45, 7) is 43.4. The van der Waals surface area contributed by atoms with Gasteiger partial charge >= 0.3 is 0 Å². The Morgan fingerprint density at radius 1 is 0.491 bits per heavy atom. The van der Waals surface area contributed by atoms with E-state index in [1.165, 1.54) is 0 Å². The molecule has 2 unspecified atom stereocenters. The van der Waals surface area contributed by atoms with E-state index in [4.69, 9.17) is 43.1 Å². The molecule has 0 radical (unpaired) electrons. The molecule has 13 heteroatoms. The zero-order valence-electron chi connectivity index (χ0n) is 32.4. The average Bonchev–Trinajstić information content (AvgIpc) is 3.00. The number of hydrogen-bond donors (Lipinski definition) is 2. The topological polar surface area (TPSA) is 124 Å². The quantitative estimate of drug-likeness (QED) is 0.0299. The average molecular weight is 876 g/mol. The third-order valence-corrected chi connectivity index (χ3v) is 18.1. The maximum Gasteiger partial charge on any atom is 0.192 e. The van der Waals surface area contributed by atoms with Gasteiger partial charge in [0.05, 0.1) is 65.1 Å². The summed E-state index contributed by atoms with van der Waals surface area (Å²) in [5, 5.41) is 17.5. The van der Waals surface area contributed by atoms with Gasteiger partial charge in [-0.3, -0.25) is 10.5 Å². The van der Waals surface area contributed by atoms with Crippen LogP contribution in [0.25, 0.3) is 0 Å². The molecule has 0 heterocycles. The normalized spacial score (nSPS) is 12.6. The number of rotatable bonds is 25. The molecule has 2 atom stereocenters. The van der Waals surface area contributed by atoms with Gasteiger partial charge in [-0.25, -0.2) is 9.78 Å². The van der Waals surface area contributed by atoms with E-state index in [0.717, 1.165) is 0 Å². The van der Waals surface area contributed by atoms with Crippen LogP contribution in [0.4, 0.5) is 0 Å².